The minimum atomic E-state index is -0.119. The summed E-state index contributed by atoms with van der Waals surface area (Å²) in [7, 11) is 0. The Morgan fingerprint density at radius 2 is 1.71 bits per heavy atom. The molecule has 0 radical (unpaired) electrons. The van der Waals surface area contributed by atoms with Crippen molar-refractivity contribution in [2.45, 2.75) is 6.04 Å². The Kier molecular flexibility index (Phi) is 2.51. The maximum Gasteiger partial charge on any atom is 0.0568 e. The first-order chi connectivity index (χ1) is 6.88. The Bertz CT molecular complexity index is 346. The molecule has 14 heavy (non-hydrogen) atoms. The Hall–Kier alpha value is -1.74. The Morgan fingerprint density at radius 3 is 2.36 bits per heavy atom. The van der Waals surface area contributed by atoms with Crippen molar-refractivity contribution in [3.8, 4) is 0 Å². The standard InChI is InChI=1S/C11H11N3/c12-11(9-4-2-1-3-5-9)10-6-7-13-14-8-10/h1-8,11H,12H2. The molecule has 2 N–H and O–H groups in total. The predicted octanol–water partition coefficient (Wildman–Crippen LogP) is 1.52. The van der Waals surface area contributed by atoms with Gasteiger partial charge in [-0.15, -0.1) is 0 Å². The van der Waals surface area contributed by atoms with Gasteiger partial charge in [0.05, 0.1) is 12.2 Å². The van der Waals surface area contributed by atoms with E-state index >= 15 is 0 Å². The Balaban J connectivity index is 2.30. The first kappa shape index (κ1) is 8.84. The summed E-state index contributed by atoms with van der Waals surface area (Å²) in [6.07, 6.45) is 3.34. The summed E-state index contributed by atoms with van der Waals surface area (Å²) in [6.45, 7) is 0. The van der Waals surface area contributed by atoms with Crippen LogP contribution in [0.2, 0.25) is 0 Å². The molecule has 0 aliphatic heterocycles. The van der Waals surface area contributed by atoms with Crippen LogP contribution in [-0.2, 0) is 0 Å². The molecule has 0 fully saturated rings. The molecule has 1 unspecified atom stereocenters. The molecule has 1 atom stereocenters. The van der Waals surface area contributed by atoms with Crippen molar-refractivity contribution in [2.24, 2.45) is 5.73 Å². The third kappa shape index (κ3) is 1.78. The van der Waals surface area contributed by atoms with Crippen LogP contribution in [0.4, 0.5) is 0 Å². The molecule has 2 rings (SSSR count). The number of hydrogen-bond donors (Lipinski definition) is 1. The summed E-state index contributed by atoms with van der Waals surface area (Å²) in [5.41, 5.74) is 8.11. The fourth-order valence-electron chi connectivity index (χ4n) is 1.34. The Morgan fingerprint density at radius 1 is 0.929 bits per heavy atom. The molecule has 0 bridgehead atoms. The SMILES string of the molecule is NC(c1ccccc1)c1ccnnc1. The molecular formula is C11H11N3. The van der Waals surface area contributed by atoms with E-state index in [-0.39, 0.29) is 6.04 Å². The highest BCUT2D eigenvalue weighted by atomic mass is 15.1. The number of nitrogens with two attached hydrogens (primary N) is 1. The van der Waals surface area contributed by atoms with Crippen LogP contribution in [0.1, 0.15) is 17.2 Å². The van der Waals surface area contributed by atoms with Crippen LogP contribution in [0.5, 0.6) is 0 Å². The highest BCUT2D eigenvalue weighted by Gasteiger charge is 2.07. The lowest BCUT2D eigenvalue weighted by atomic mass is 10.0. The average molecular weight is 185 g/mol. The fourth-order valence-corrected chi connectivity index (χ4v) is 1.34. The van der Waals surface area contributed by atoms with E-state index in [4.69, 9.17) is 5.73 Å². The largest absolute Gasteiger partial charge is 0.320 e. The fraction of sp³-hybridized carbons (Fsp3) is 0.0909. The minimum Gasteiger partial charge on any atom is -0.320 e. The van der Waals surface area contributed by atoms with E-state index in [0.29, 0.717) is 0 Å². The molecule has 0 saturated carbocycles. The lowest BCUT2D eigenvalue weighted by molar-refractivity contribution is 0.846. The third-order valence-electron chi connectivity index (χ3n) is 2.12. The highest BCUT2D eigenvalue weighted by Crippen LogP contribution is 2.16. The van der Waals surface area contributed by atoms with Crippen LogP contribution in [-0.4, -0.2) is 10.2 Å². The van der Waals surface area contributed by atoms with Crippen molar-refractivity contribution in [1.82, 2.24) is 10.2 Å². The molecule has 0 aliphatic rings. The summed E-state index contributed by atoms with van der Waals surface area (Å²) < 4.78 is 0. The molecule has 0 aliphatic carbocycles. The van der Waals surface area contributed by atoms with E-state index in [1.807, 2.05) is 36.4 Å². The molecular weight excluding hydrogens is 174 g/mol. The zero-order valence-electron chi connectivity index (χ0n) is 7.67. The van der Waals surface area contributed by atoms with Crippen molar-refractivity contribution in [1.29, 1.82) is 0 Å². The number of hydrogen-bond acceptors (Lipinski definition) is 3. The van der Waals surface area contributed by atoms with Crippen molar-refractivity contribution < 1.29 is 0 Å². The lowest BCUT2D eigenvalue weighted by Crippen LogP contribution is -2.11. The molecule has 2 aromatic rings. The average Bonchev–Trinajstić information content (AvgIpc) is 2.30. The van der Waals surface area contributed by atoms with Crippen LogP contribution in [0.15, 0.2) is 48.8 Å². The number of benzene rings is 1. The topological polar surface area (TPSA) is 51.8 Å². The number of nitrogens with zero attached hydrogens (tertiary/aromatic N) is 2. The summed E-state index contributed by atoms with van der Waals surface area (Å²) in [5.74, 6) is 0. The van der Waals surface area contributed by atoms with Crippen molar-refractivity contribution >= 4 is 0 Å². The molecule has 3 nitrogen and oxygen atoms in total. The molecule has 1 aromatic heterocycles. The van der Waals surface area contributed by atoms with E-state index in [0.717, 1.165) is 11.1 Å². The van der Waals surface area contributed by atoms with Gasteiger partial charge < -0.3 is 5.73 Å². The summed E-state index contributed by atoms with van der Waals surface area (Å²) in [6, 6.07) is 11.7. The van der Waals surface area contributed by atoms with Crippen LogP contribution < -0.4 is 5.73 Å². The molecule has 0 amide bonds. The van der Waals surface area contributed by atoms with Gasteiger partial charge in [0.1, 0.15) is 0 Å². The van der Waals surface area contributed by atoms with Crippen LogP contribution >= 0.6 is 0 Å². The summed E-state index contributed by atoms with van der Waals surface area (Å²) >= 11 is 0. The van der Waals surface area contributed by atoms with Gasteiger partial charge in [0.25, 0.3) is 0 Å². The maximum atomic E-state index is 6.05. The molecule has 0 saturated heterocycles. The van der Waals surface area contributed by atoms with E-state index < -0.39 is 0 Å². The number of rotatable bonds is 2. The van der Waals surface area contributed by atoms with E-state index in [2.05, 4.69) is 10.2 Å². The molecule has 70 valence electrons. The smallest absolute Gasteiger partial charge is 0.0568 e. The van der Waals surface area contributed by atoms with Gasteiger partial charge in [-0.3, -0.25) is 0 Å². The quantitative estimate of drug-likeness (QED) is 0.771. The number of aromatic nitrogens is 2. The van der Waals surface area contributed by atoms with Crippen molar-refractivity contribution in [3.05, 3.63) is 59.9 Å². The van der Waals surface area contributed by atoms with E-state index in [1.165, 1.54) is 0 Å². The van der Waals surface area contributed by atoms with Gasteiger partial charge in [0.2, 0.25) is 0 Å². The van der Waals surface area contributed by atoms with Crippen LogP contribution in [0.25, 0.3) is 0 Å². The molecule has 1 aromatic carbocycles. The maximum absolute atomic E-state index is 6.05. The zero-order chi connectivity index (χ0) is 9.80. The molecule has 3 heteroatoms. The van der Waals surface area contributed by atoms with Crippen molar-refractivity contribution in [2.75, 3.05) is 0 Å². The van der Waals surface area contributed by atoms with Crippen LogP contribution in [0, 0.1) is 0 Å². The zero-order valence-corrected chi connectivity index (χ0v) is 7.67. The summed E-state index contributed by atoms with van der Waals surface area (Å²) in [4.78, 5) is 0. The Labute approximate surface area is 82.6 Å². The highest BCUT2D eigenvalue weighted by molar-refractivity contribution is 5.28. The monoisotopic (exact) mass is 185 g/mol. The van der Waals surface area contributed by atoms with Gasteiger partial charge in [0.15, 0.2) is 0 Å². The molecule has 1 heterocycles. The van der Waals surface area contributed by atoms with Gasteiger partial charge in [-0.2, -0.15) is 10.2 Å². The van der Waals surface area contributed by atoms with Gasteiger partial charge in [-0.25, -0.2) is 0 Å². The van der Waals surface area contributed by atoms with Crippen molar-refractivity contribution in [3.63, 3.8) is 0 Å². The summed E-state index contributed by atoms with van der Waals surface area (Å²) in [5, 5.41) is 7.52. The van der Waals surface area contributed by atoms with Gasteiger partial charge in [0, 0.05) is 6.20 Å². The van der Waals surface area contributed by atoms with Gasteiger partial charge >= 0.3 is 0 Å². The van der Waals surface area contributed by atoms with E-state index in [9.17, 15) is 0 Å². The van der Waals surface area contributed by atoms with Gasteiger partial charge in [-0.05, 0) is 17.2 Å². The first-order valence-corrected chi connectivity index (χ1v) is 4.45. The minimum absolute atomic E-state index is 0.119. The second-order valence-corrected chi connectivity index (χ2v) is 3.06. The second-order valence-electron chi connectivity index (χ2n) is 3.06. The van der Waals surface area contributed by atoms with Gasteiger partial charge in [-0.1, -0.05) is 30.3 Å². The second kappa shape index (κ2) is 3.98. The third-order valence-corrected chi connectivity index (χ3v) is 2.12. The van der Waals surface area contributed by atoms with E-state index in [1.54, 1.807) is 12.4 Å². The predicted molar refractivity (Wildman–Crippen MR) is 54.5 cm³/mol. The van der Waals surface area contributed by atoms with Crippen LogP contribution in [0.3, 0.4) is 0 Å². The normalized spacial score (nSPS) is 12.4. The molecule has 0 spiro atoms. The first-order valence-electron chi connectivity index (χ1n) is 4.45. The lowest BCUT2D eigenvalue weighted by Gasteiger charge is -2.10.